The summed E-state index contributed by atoms with van der Waals surface area (Å²) in [6, 6.07) is 10.9. The molecule has 28 heavy (non-hydrogen) atoms. The lowest BCUT2D eigenvalue weighted by Gasteiger charge is -2.35. The van der Waals surface area contributed by atoms with Gasteiger partial charge in [0, 0.05) is 25.7 Å². The predicted octanol–water partition coefficient (Wildman–Crippen LogP) is 3.45. The van der Waals surface area contributed by atoms with Crippen LogP contribution in [0.4, 0.5) is 0 Å². The Labute approximate surface area is 170 Å². The molecule has 2 heterocycles. The van der Waals surface area contributed by atoms with E-state index in [1.165, 1.54) is 44.1 Å². The molecular formula is C24H37N3O. The molecule has 2 N–H and O–H groups in total. The minimum Gasteiger partial charge on any atom is -0.337 e. The number of hydrogen-bond acceptors (Lipinski definition) is 3. The van der Waals surface area contributed by atoms with E-state index in [1.807, 2.05) is 0 Å². The van der Waals surface area contributed by atoms with Crippen LogP contribution in [0.2, 0.25) is 0 Å². The molecule has 0 radical (unpaired) electrons. The molecule has 1 aromatic rings. The molecule has 0 spiro atoms. The van der Waals surface area contributed by atoms with Crippen LogP contribution in [0.25, 0.3) is 0 Å². The number of carbonyl (C=O) groups excluding carboxylic acids is 1. The number of benzene rings is 1. The van der Waals surface area contributed by atoms with Gasteiger partial charge in [-0.15, -0.1) is 0 Å². The Hall–Kier alpha value is -1.39. The van der Waals surface area contributed by atoms with Crippen LogP contribution in [-0.2, 0) is 11.2 Å². The normalized spacial score (nSPS) is 28.0. The summed E-state index contributed by atoms with van der Waals surface area (Å²) in [5.74, 6) is 1.31. The van der Waals surface area contributed by atoms with Crippen LogP contribution in [0.15, 0.2) is 30.3 Å². The summed E-state index contributed by atoms with van der Waals surface area (Å²) in [6.07, 6.45) is 10.8. The highest BCUT2D eigenvalue weighted by Crippen LogP contribution is 2.33. The molecule has 1 aliphatic carbocycles. The van der Waals surface area contributed by atoms with Crippen molar-refractivity contribution in [3.8, 4) is 0 Å². The first-order valence-corrected chi connectivity index (χ1v) is 11.5. The topological polar surface area (TPSA) is 49.6 Å². The monoisotopic (exact) mass is 383 g/mol. The van der Waals surface area contributed by atoms with Crippen molar-refractivity contribution < 1.29 is 4.79 Å². The van der Waals surface area contributed by atoms with Gasteiger partial charge in [-0.3, -0.25) is 4.79 Å². The fourth-order valence-electron chi connectivity index (χ4n) is 5.73. The van der Waals surface area contributed by atoms with E-state index in [0.29, 0.717) is 17.9 Å². The van der Waals surface area contributed by atoms with Gasteiger partial charge in [-0.25, -0.2) is 0 Å². The maximum absolute atomic E-state index is 13.3. The summed E-state index contributed by atoms with van der Waals surface area (Å²) in [5.41, 5.74) is 7.90. The van der Waals surface area contributed by atoms with E-state index < -0.39 is 0 Å². The van der Waals surface area contributed by atoms with Crippen molar-refractivity contribution in [3.63, 3.8) is 0 Å². The molecule has 0 bridgehead atoms. The van der Waals surface area contributed by atoms with E-state index in [-0.39, 0.29) is 11.9 Å². The van der Waals surface area contributed by atoms with Gasteiger partial charge in [0.2, 0.25) is 5.91 Å². The lowest BCUT2D eigenvalue weighted by molar-refractivity contribution is -0.135. The summed E-state index contributed by atoms with van der Waals surface area (Å²) >= 11 is 0. The quantitative estimate of drug-likeness (QED) is 0.847. The van der Waals surface area contributed by atoms with Gasteiger partial charge in [0.25, 0.3) is 0 Å². The zero-order chi connectivity index (χ0) is 19.3. The first-order valence-electron chi connectivity index (χ1n) is 11.5. The Kier molecular flexibility index (Phi) is 6.69. The molecule has 1 aromatic carbocycles. The zero-order valence-corrected chi connectivity index (χ0v) is 17.3. The third kappa shape index (κ3) is 4.60. The average Bonchev–Trinajstić information content (AvgIpc) is 3.03. The molecule has 1 saturated carbocycles. The van der Waals surface area contributed by atoms with Crippen molar-refractivity contribution in [1.29, 1.82) is 0 Å². The van der Waals surface area contributed by atoms with Gasteiger partial charge in [-0.2, -0.15) is 0 Å². The first kappa shape index (κ1) is 19.9. The van der Waals surface area contributed by atoms with Gasteiger partial charge in [-0.05, 0) is 62.5 Å². The SMILES string of the molecule is N[C@H](C(=O)N1CC[C@H]2CCCN(CCc3ccccc3)C[C@H]21)C1CCCCC1. The fourth-order valence-corrected chi connectivity index (χ4v) is 5.73. The minimum atomic E-state index is -0.278. The first-order chi connectivity index (χ1) is 13.7. The molecule has 3 fully saturated rings. The molecule has 3 aliphatic rings. The second kappa shape index (κ2) is 9.41. The minimum absolute atomic E-state index is 0.240. The number of fused-ring (bicyclic) bond motifs is 1. The van der Waals surface area contributed by atoms with Crippen molar-refractivity contribution >= 4 is 5.91 Å². The number of amides is 1. The average molecular weight is 384 g/mol. The van der Waals surface area contributed by atoms with Crippen LogP contribution in [-0.4, -0.2) is 54.0 Å². The van der Waals surface area contributed by atoms with Gasteiger partial charge in [0.1, 0.15) is 0 Å². The van der Waals surface area contributed by atoms with Gasteiger partial charge in [0.05, 0.1) is 6.04 Å². The molecular weight excluding hydrogens is 346 g/mol. The van der Waals surface area contributed by atoms with Gasteiger partial charge in [-0.1, -0.05) is 49.6 Å². The van der Waals surface area contributed by atoms with E-state index in [1.54, 1.807) is 0 Å². The third-order valence-corrected chi connectivity index (χ3v) is 7.47. The maximum atomic E-state index is 13.3. The molecule has 3 atom stereocenters. The molecule has 154 valence electrons. The maximum Gasteiger partial charge on any atom is 0.240 e. The van der Waals surface area contributed by atoms with E-state index in [2.05, 4.69) is 40.1 Å². The Morgan fingerprint density at radius 2 is 1.79 bits per heavy atom. The number of likely N-dealkylation sites (tertiary alicyclic amines) is 2. The summed E-state index contributed by atoms with van der Waals surface area (Å²) in [4.78, 5) is 18.1. The van der Waals surface area contributed by atoms with Crippen LogP contribution in [0, 0.1) is 11.8 Å². The molecule has 4 heteroatoms. The molecule has 2 saturated heterocycles. The number of rotatable bonds is 5. The summed E-state index contributed by atoms with van der Waals surface area (Å²) in [6.45, 7) is 4.20. The lowest BCUT2D eigenvalue weighted by atomic mass is 9.83. The Morgan fingerprint density at radius 3 is 2.57 bits per heavy atom. The Balaban J connectivity index is 1.37. The Morgan fingerprint density at radius 1 is 1.00 bits per heavy atom. The molecule has 1 amide bonds. The lowest BCUT2D eigenvalue weighted by Crippen LogP contribution is -2.53. The predicted molar refractivity (Wildman–Crippen MR) is 114 cm³/mol. The van der Waals surface area contributed by atoms with Crippen LogP contribution in [0.5, 0.6) is 0 Å². The number of nitrogens with zero attached hydrogens (tertiary/aromatic N) is 2. The Bertz CT molecular complexity index is 628. The van der Waals surface area contributed by atoms with E-state index in [9.17, 15) is 4.79 Å². The molecule has 0 aromatic heterocycles. The van der Waals surface area contributed by atoms with Crippen LogP contribution in [0.3, 0.4) is 0 Å². The number of carbonyl (C=O) groups is 1. The van der Waals surface area contributed by atoms with Gasteiger partial charge in [0.15, 0.2) is 0 Å². The van der Waals surface area contributed by atoms with Crippen molar-refractivity contribution in [2.45, 2.75) is 69.9 Å². The highest BCUT2D eigenvalue weighted by atomic mass is 16.2. The van der Waals surface area contributed by atoms with E-state index in [0.717, 1.165) is 45.4 Å². The van der Waals surface area contributed by atoms with Crippen molar-refractivity contribution in [2.24, 2.45) is 17.6 Å². The molecule has 4 nitrogen and oxygen atoms in total. The second-order valence-electron chi connectivity index (χ2n) is 9.25. The molecule has 4 rings (SSSR count). The van der Waals surface area contributed by atoms with Gasteiger partial charge >= 0.3 is 0 Å². The van der Waals surface area contributed by atoms with Gasteiger partial charge < -0.3 is 15.5 Å². The summed E-state index contributed by atoms with van der Waals surface area (Å²) < 4.78 is 0. The molecule has 2 aliphatic heterocycles. The standard InChI is InChI=1S/C24H37N3O/c25-23(21-10-5-2-6-11-21)24(28)27-17-14-20-12-7-15-26(18-22(20)27)16-13-19-8-3-1-4-9-19/h1,3-4,8-9,20-23H,2,5-7,10-18,25H2/t20-,22-,23+/m1/s1. The smallest absolute Gasteiger partial charge is 0.240 e. The van der Waals surface area contributed by atoms with Crippen LogP contribution < -0.4 is 5.73 Å². The van der Waals surface area contributed by atoms with Crippen molar-refractivity contribution in [3.05, 3.63) is 35.9 Å². The number of hydrogen-bond donors (Lipinski definition) is 1. The second-order valence-corrected chi connectivity index (χ2v) is 9.25. The molecule has 0 unspecified atom stereocenters. The van der Waals surface area contributed by atoms with Crippen LogP contribution in [0.1, 0.15) is 56.9 Å². The van der Waals surface area contributed by atoms with Crippen molar-refractivity contribution in [1.82, 2.24) is 9.80 Å². The zero-order valence-electron chi connectivity index (χ0n) is 17.3. The highest BCUT2D eigenvalue weighted by molar-refractivity contribution is 5.82. The highest BCUT2D eigenvalue weighted by Gasteiger charge is 2.41. The number of nitrogens with two attached hydrogens (primary N) is 1. The van der Waals surface area contributed by atoms with Crippen molar-refractivity contribution in [2.75, 3.05) is 26.2 Å². The van der Waals surface area contributed by atoms with E-state index in [4.69, 9.17) is 5.73 Å². The third-order valence-electron chi connectivity index (χ3n) is 7.47. The van der Waals surface area contributed by atoms with E-state index >= 15 is 0 Å². The van der Waals surface area contributed by atoms with Crippen LogP contribution >= 0.6 is 0 Å². The fraction of sp³-hybridized carbons (Fsp3) is 0.708. The summed E-state index contributed by atoms with van der Waals surface area (Å²) in [7, 11) is 0. The largest absolute Gasteiger partial charge is 0.337 e. The summed E-state index contributed by atoms with van der Waals surface area (Å²) in [5, 5.41) is 0.